The van der Waals surface area contributed by atoms with Crippen LogP contribution in [0.3, 0.4) is 0 Å². The van der Waals surface area contributed by atoms with E-state index in [4.69, 9.17) is 11.6 Å². The molecule has 2 aromatic heterocycles. The van der Waals surface area contributed by atoms with Crippen molar-refractivity contribution in [2.75, 3.05) is 0 Å². The Morgan fingerprint density at radius 2 is 1.82 bits per heavy atom. The number of halogens is 2. The zero-order valence-electron chi connectivity index (χ0n) is 8.77. The molecule has 0 atom stereocenters. The molecule has 3 rings (SSSR count). The lowest BCUT2D eigenvalue weighted by atomic mass is 10.1. The van der Waals surface area contributed by atoms with Gasteiger partial charge in [-0.1, -0.05) is 39.7 Å². The fourth-order valence-electron chi connectivity index (χ4n) is 1.73. The van der Waals surface area contributed by atoms with Crippen LogP contribution in [0.15, 0.2) is 53.1 Å². The molecule has 1 aromatic carbocycles. The minimum absolute atomic E-state index is 0.736. The maximum absolute atomic E-state index is 5.87. The maximum Gasteiger partial charge on any atom is 0.0933 e. The van der Waals surface area contributed by atoms with Gasteiger partial charge in [-0.15, -0.1) is 0 Å². The van der Waals surface area contributed by atoms with Crippen molar-refractivity contribution < 1.29 is 0 Å². The molecular weight excluding hydrogens is 300 g/mol. The smallest absolute Gasteiger partial charge is 0.0933 e. The van der Waals surface area contributed by atoms with E-state index in [2.05, 4.69) is 21.0 Å². The van der Waals surface area contributed by atoms with Crippen LogP contribution in [0.4, 0.5) is 0 Å². The van der Waals surface area contributed by atoms with Crippen LogP contribution in [-0.4, -0.2) is 9.61 Å². The summed E-state index contributed by atoms with van der Waals surface area (Å²) in [5.74, 6) is 0. The van der Waals surface area contributed by atoms with E-state index in [0.717, 1.165) is 26.3 Å². The van der Waals surface area contributed by atoms with Crippen molar-refractivity contribution in [3.63, 3.8) is 0 Å². The van der Waals surface area contributed by atoms with Gasteiger partial charge in [0, 0.05) is 21.3 Å². The first kappa shape index (κ1) is 10.8. The summed E-state index contributed by atoms with van der Waals surface area (Å²) in [6, 6.07) is 13.7. The third-order valence-electron chi connectivity index (χ3n) is 2.57. The van der Waals surface area contributed by atoms with Crippen LogP contribution in [0.2, 0.25) is 5.02 Å². The molecule has 2 heterocycles. The van der Waals surface area contributed by atoms with Crippen LogP contribution >= 0.6 is 27.5 Å². The van der Waals surface area contributed by atoms with Crippen molar-refractivity contribution in [3.05, 3.63) is 58.2 Å². The molecule has 2 nitrogen and oxygen atoms in total. The molecule has 0 aliphatic carbocycles. The van der Waals surface area contributed by atoms with E-state index >= 15 is 0 Å². The van der Waals surface area contributed by atoms with Crippen molar-refractivity contribution >= 4 is 33.0 Å². The summed E-state index contributed by atoms with van der Waals surface area (Å²) < 4.78 is 2.90. The van der Waals surface area contributed by atoms with Gasteiger partial charge in [-0.25, -0.2) is 4.52 Å². The first-order valence-electron chi connectivity index (χ1n) is 5.13. The molecule has 0 unspecified atom stereocenters. The molecule has 0 radical (unpaired) electrons. The highest BCUT2D eigenvalue weighted by molar-refractivity contribution is 9.10. The highest BCUT2D eigenvalue weighted by atomic mass is 79.9. The predicted molar refractivity (Wildman–Crippen MR) is 73.3 cm³/mol. The quantitative estimate of drug-likeness (QED) is 0.650. The van der Waals surface area contributed by atoms with Gasteiger partial charge in [0.25, 0.3) is 0 Å². The minimum atomic E-state index is 0.736. The number of nitrogens with zero attached hydrogens (tertiary/aromatic N) is 2. The zero-order valence-corrected chi connectivity index (χ0v) is 11.1. The summed E-state index contributed by atoms with van der Waals surface area (Å²) >= 11 is 9.32. The summed E-state index contributed by atoms with van der Waals surface area (Å²) in [4.78, 5) is 0. The van der Waals surface area contributed by atoms with Crippen LogP contribution in [-0.2, 0) is 0 Å². The van der Waals surface area contributed by atoms with Gasteiger partial charge in [-0.05, 0) is 30.3 Å². The van der Waals surface area contributed by atoms with Crippen molar-refractivity contribution in [2.45, 2.75) is 0 Å². The second kappa shape index (κ2) is 4.17. The minimum Gasteiger partial charge on any atom is -0.240 e. The number of fused-ring (bicyclic) bond motifs is 1. The molecule has 0 N–H and O–H groups in total. The van der Waals surface area contributed by atoms with Crippen molar-refractivity contribution in [3.8, 4) is 11.3 Å². The molecule has 0 spiro atoms. The van der Waals surface area contributed by atoms with Gasteiger partial charge in [0.15, 0.2) is 0 Å². The maximum atomic E-state index is 5.87. The summed E-state index contributed by atoms with van der Waals surface area (Å²) in [7, 11) is 0. The Kier molecular flexibility index (Phi) is 2.65. The van der Waals surface area contributed by atoms with E-state index in [9.17, 15) is 0 Å². The van der Waals surface area contributed by atoms with Crippen LogP contribution in [0.5, 0.6) is 0 Å². The normalized spacial score (nSPS) is 10.9. The molecule has 0 fully saturated rings. The number of aromatic nitrogens is 2. The first-order valence-corrected chi connectivity index (χ1v) is 6.30. The average Bonchev–Trinajstić information content (AvgIpc) is 2.72. The van der Waals surface area contributed by atoms with E-state index in [1.807, 2.05) is 53.2 Å². The number of rotatable bonds is 1. The van der Waals surface area contributed by atoms with Gasteiger partial charge >= 0.3 is 0 Å². The Morgan fingerprint density at radius 3 is 2.59 bits per heavy atom. The van der Waals surface area contributed by atoms with Crippen molar-refractivity contribution in [2.24, 2.45) is 0 Å². The second-order valence-corrected chi connectivity index (χ2v) is 5.10. The molecule has 17 heavy (non-hydrogen) atoms. The van der Waals surface area contributed by atoms with Gasteiger partial charge < -0.3 is 0 Å². The highest BCUT2D eigenvalue weighted by Crippen LogP contribution is 2.23. The fourth-order valence-corrected chi connectivity index (χ4v) is 2.21. The number of pyridine rings is 1. The van der Waals surface area contributed by atoms with Gasteiger partial charge in [-0.3, -0.25) is 0 Å². The molecule has 0 saturated heterocycles. The van der Waals surface area contributed by atoms with Gasteiger partial charge in [0.05, 0.1) is 11.2 Å². The number of hydrogen-bond donors (Lipinski definition) is 0. The van der Waals surface area contributed by atoms with Crippen LogP contribution < -0.4 is 0 Å². The van der Waals surface area contributed by atoms with Crippen molar-refractivity contribution in [1.82, 2.24) is 9.61 Å². The molecule has 4 heteroatoms. The van der Waals surface area contributed by atoms with Crippen LogP contribution in [0.25, 0.3) is 16.8 Å². The monoisotopic (exact) mass is 306 g/mol. The highest BCUT2D eigenvalue weighted by Gasteiger charge is 2.04. The van der Waals surface area contributed by atoms with E-state index in [0.29, 0.717) is 0 Å². The lowest BCUT2D eigenvalue weighted by Gasteiger charge is -1.95. The van der Waals surface area contributed by atoms with Crippen LogP contribution in [0.1, 0.15) is 0 Å². The zero-order chi connectivity index (χ0) is 11.8. The molecule has 0 saturated carbocycles. The van der Waals surface area contributed by atoms with E-state index < -0.39 is 0 Å². The Bertz CT molecular complexity index is 673. The molecule has 0 aliphatic heterocycles. The Morgan fingerprint density at radius 1 is 1.06 bits per heavy atom. The topological polar surface area (TPSA) is 17.3 Å². The molecule has 0 amide bonds. The summed E-state index contributed by atoms with van der Waals surface area (Å²) in [5.41, 5.74) is 3.07. The van der Waals surface area contributed by atoms with E-state index in [1.165, 1.54) is 0 Å². The van der Waals surface area contributed by atoms with Gasteiger partial charge in [-0.2, -0.15) is 5.10 Å². The SMILES string of the molecule is Clc1ccc(-c2cc3cc(Br)ccn3n2)cc1. The Balaban J connectivity index is 2.14. The molecule has 0 aliphatic rings. The Hall–Kier alpha value is -1.32. The predicted octanol–water partition coefficient (Wildman–Crippen LogP) is 4.42. The average molecular weight is 308 g/mol. The summed E-state index contributed by atoms with van der Waals surface area (Å²) in [5, 5.41) is 5.24. The largest absolute Gasteiger partial charge is 0.240 e. The van der Waals surface area contributed by atoms with Crippen molar-refractivity contribution in [1.29, 1.82) is 0 Å². The van der Waals surface area contributed by atoms with E-state index in [-0.39, 0.29) is 0 Å². The third-order valence-corrected chi connectivity index (χ3v) is 3.31. The molecule has 84 valence electrons. The fraction of sp³-hybridized carbons (Fsp3) is 0. The van der Waals surface area contributed by atoms with Crippen LogP contribution in [0, 0.1) is 0 Å². The first-order chi connectivity index (χ1) is 8.22. The third kappa shape index (κ3) is 2.08. The molecule has 0 bridgehead atoms. The van der Waals surface area contributed by atoms with E-state index in [1.54, 1.807) is 0 Å². The number of benzene rings is 1. The molecular formula is C13H8BrClN2. The second-order valence-electron chi connectivity index (χ2n) is 3.75. The summed E-state index contributed by atoms with van der Waals surface area (Å²) in [6.45, 7) is 0. The summed E-state index contributed by atoms with van der Waals surface area (Å²) in [6.07, 6.45) is 1.93. The molecule has 3 aromatic rings. The number of hydrogen-bond acceptors (Lipinski definition) is 1. The van der Waals surface area contributed by atoms with Gasteiger partial charge in [0.2, 0.25) is 0 Å². The van der Waals surface area contributed by atoms with Gasteiger partial charge in [0.1, 0.15) is 0 Å². The standard InChI is InChI=1S/C13H8BrClN2/c14-10-5-6-17-12(7-10)8-13(16-17)9-1-3-11(15)4-2-9/h1-8H. The lowest BCUT2D eigenvalue weighted by Crippen LogP contribution is -1.85. The lowest BCUT2D eigenvalue weighted by molar-refractivity contribution is 0.964. The Labute approximate surface area is 112 Å².